The topological polar surface area (TPSA) is 38.7 Å². The van der Waals surface area contributed by atoms with E-state index >= 15 is 0 Å². The first kappa shape index (κ1) is 20.7. The van der Waals surface area contributed by atoms with Crippen molar-refractivity contribution in [1.29, 1.82) is 0 Å². The average Bonchev–Trinajstić information content (AvgIpc) is 2.84. The Kier molecular flexibility index (Phi) is 14.2. The molecular formula is C17H29NO2. The minimum absolute atomic E-state index is 0.368. The zero-order chi connectivity index (χ0) is 16.0. The van der Waals surface area contributed by atoms with Gasteiger partial charge in [-0.15, -0.1) is 0 Å². The number of carbonyl (C=O) groups is 1. The van der Waals surface area contributed by atoms with E-state index in [1.807, 2.05) is 45.9 Å². The van der Waals surface area contributed by atoms with Crippen molar-refractivity contribution < 1.29 is 9.63 Å². The second-order valence-corrected chi connectivity index (χ2v) is 3.80. The van der Waals surface area contributed by atoms with Gasteiger partial charge in [-0.3, -0.25) is 0 Å². The largest absolute Gasteiger partial charge is 0.367 e. The van der Waals surface area contributed by atoms with Gasteiger partial charge < -0.3 is 4.84 Å². The van der Waals surface area contributed by atoms with Crippen LogP contribution >= 0.6 is 0 Å². The Bertz CT molecular complexity index is 388. The molecule has 0 bridgehead atoms. The summed E-state index contributed by atoms with van der Waals surface area (Å²) < 4.78 is 0. The van der Waals surface area contributed by atoms with Gasteiger partial charge in [0.2, 0.25) is 0 Å². The highest BCUT2D eigenvalue weighted by molar-refractivity contribution is 6.28. The van der Waals surface area contributed by atoms with Crippen molar-refractivity contribution in [2.75, 3.05) is 0 Å². The lowest BCUT2D eigenvalue weighted by Crippen LogP contribution is -2.07. The van der Waals surface area contributed by atoms with Gasteiger partial charge in [0.25, 0.3) is 0 Å². The minimum Gasteiger partial charge on any atom is -0.312 e. The Morgan fingerprint density at radius 1 is 1.20 bits per heavy atom. The van der Waals surface area contributed by atoms with Crippen LogP contribution in [0.3, 0.4) is 0 Å². The summed E-state index contributed by atoms with van der Waals surface area (Å²) in [5, 5.41) is 3.79. The molecule has 0 saturated carbocycles. The fraction of sp³-hybridized carbons (Fsp3) is 0.529. The molecule has 0 aromatic heterocycles. The Balaban J connectivity index is 0. The zero-order valence-electron chi connectivity index (χ0n) is 14.0. The molecule has 0 atom stereocenters. The molecule has 0 aliphatic carbocycles. The van der Waals surface area contributed by atoms with Crippen molar-refractivity contribution >= 4 is 11.7 Å². The molecule has 20 heavy (non-hydrogen) atoms. The van der Waals surface area contributed by atoms with Crippen molar-refractivity contribution in [3.05, 3.63) is 35.5 Å². The predicted octanol–water partition coefficient (Wildman–Crippen LogP) is 5.20. The molecule has 0 saturated heterocycles. The molecule has 0 unspecified atom stereocenters. The molecule has 1 rings (SSSR count). The van der Waals surface area contributed by atoms with Gasteiger partial charge >= 0.3 is 5.97 Å². The van der Waals surface area contributed by atoms with Gasteiger partial charge in [-0.1, -0.05) is 70.5 Å². The van der Waals surface area contributed by atoms with E-state index in [1.165, 1.54) is 6.42 Å². The number of carbonyl (C=O) groups excluding carboxylic acids is 1. The number of allylic oxidation sites excluding steroid dienone is 5. The van der Waals surface area contributed by atoms with Crippen LogP contribution in [0.5, 0.6) is 0 Å². The van der Waals surface area contributed by atoms with Gasteiger partial charge in [0, 0.05) is 0 Å². The number of rotatable bonds is 3. The molecule has 0 amide bonds. The lowest BCUT2D eigenvalue weighted by Gasteiger charge is -2.01. The SMILES string of the molecule is C/C=C\C=C(/CC)C1=NOC(=O)/C1=C\C.CC.CCC. The monoisotopic (exact) mass is 279 g/mol. The van der Waals surface area contributed by atoms with Gasteiger partial charge in [-0.2, -0.15) is 0 Å². The van der Waals surface area contributed by atoms with Crippen LogP contribution in [0, 0.1) is 0 Å². The second kappa shape index (κ2) is 13.8. The fourth-order valence-electron chi connectivity index (χ4n) is 1.34. The van der Waals surface area contributed by atoms with Crippen LogP contribution in [-0.2, 0) is 9.63 Å². The molecule has 0 N–H and O–H groups in total. The van der Waals surface area contributed by atoms with Crippen molar-refractivity contribution in [2.24, 2.45) is 5.16 Å². The van der Waals surface area contributed by atoms with Crippen LogP contribution < -0.4 is 0 Å². The smallest absolute Gasteiger partial charge is 0.312 e. The molecule has 0 spiro atoms. The molecule has 0 fully saturated rings. The normalized spacial score (nSPS) is 16.1. The highest BCUT2D eigenvalue weighted by atomic mass is 16.7. The summed E-state index contributed by atoms with van der Waals surface area (Å²) in [5.41, 5.74) is 2.21. The van der Waals surface area contributed by atoms with E-state index in [9.17, 15) is 4.79 Å². The Morgan fingerprint density at radius 2 is 1.75 bits per heavy atom. The number of oxime groups is 1. The number of nitrogens with zero attached hydrogens (tertiary/aromatic N) is 1. The summed E-state index contributed by atoms with van der Waals surface area (Å²) in [6, 6.07) is 0. The summed E-state index contributed by atoms with van der Waals surface area (Å²) >= 11 is 0. The quantitative estimate of drug-likeness (QED) is 0.404. The summed E-state index contributed by atoms with van der Waals surface area (Å²) in [4.78, 5) is 15.9. The third kappa shape index (κ3) is 7.07. The third-order valence-corrected chi connectivity index (χ3v) is 2.16. The molecule has 1 aliphatic rings. The van der Waals surface area contributed by atoms with E-state index in [-0.39, 0.29) is 5.97 Å². The molecule has 0 aromatic carbocycles. The maximum atomic E-state index is 11.3. The Hall–Kier alpha value is -1.64. The van der Waals surface area contributed by atoms with Crippen LogP contribution in [0.15, 0.2) is 40.6 Å². The maximum absolute atomic E-state index is 11.3. The maximum Gasteiger partial charge on any atom is 0.367 e. The minimum atomic E-state index is -0.368. The molecule has 114 valence electrons. The van der Waals surface area contributed by atoms with Gasteiger partial charge in [0.05, 0.1) is 5.57 Å². The Labute approximate surface area is 124 Å². The van der Waals surface area contributed by atoms with Crippen molar-refractivity contribution in [3.8, 4) is 0 Å². The molecule has 3 nitrogen and oxygen atoms in total. The highest BCUT2D eigenvalue weighted by Crippen LogP contribution is 2.19. The molecule has 0 aromatic rings. The third-order valence-electron chi connectivity index (χ3n) is 2.16. The van der Waals surface area contributed by atoms with E-state index in [1.54, 1.807) is 13.0 Å². The average molecular weight is 279 g/mol. The van der Waals surface area contributed by atoms with Crippen LogP contribution in [0.25, 0.3) is 0 Å². The van der Waals surface area contributed by atoms with Crippen LogP contribution in [-0.4, -0.2) is 11.7 Å². The lowest BCUT2D eigenvalue weighted by molar-refractivity contribution is -0.136. The van der Waals surface area contributed by atoms with Crippen LogP contribution in [0.4, 0.5) is 0 Å². The van der Waals surface area contributed by atoms with E-state index < -0.39 is 0 Å². The molecule has 1 aliphatic heterocycles. The van der Waals surface area contributed by atoms with Crippen molar-refractivity contribution in [2.45, 2.75) is 61.3 Å². The second-order valence-electron chi connectivity index (χ2n) is 3.80. The summed E-state index contributed by atoms with van der Waals surface area (Å²) in [6.07, 6.45) is 9.61. The molecule has 0 radical (unpaired) electrons. The van der Waals surface area contributed by atoms with Gasteiger partial charge in [0.15, 0.2) is 0 Å². The van der Waals surface area contributed by atoms with Gasteiger partial charge in [-0.05, 0) is 25.8 Å². The lowest BCUT2D eigenvalue weighted by atomic mass is 10.0. The Morgan fingerprint density at radius 3 is 2.15 bits per heavy atom. The van der Waals surface area contributed by atoms with Crippen molar-refractivity contribution in [3.63, 3.8) is 0 Å². The summed E-state index contributed by atoms with van der Waals surface area (Å²) in [5.74, 6) is -0.368. The van der Waals surface area contributed by atoms with Crippen LogP contribution in [0.1, 0.15) is 61.3 Å². The number of hydrogen-bond donors (Lipinski definition) is 0. The molecule has 1 heterocycles. The van der Waals surface area contributed by atoms with Crippen molar-refractivity contribution in [1.82, 2.24) is 0 Å². The highest BCUT2D eigenvalue weighted by Gasteiger charge is 2.26. The van der Waals surface area contributed by atoms with Gasteiger partial charge in [-0.25, -0.2) is 4.79 Å². The molecular weight excluding hydrogens is 250 g/mol. The van der Waals surface area contributed by atoms with E-state index in [0.717, 1.165) is 12.0 Å². The van der Waals surface area contributed by atoms with E-state index in [0.29, 0.717) is 11.3 Å². The molecule has 3 heteroatoms. The summed E-state index contributed by atoms with van der Waals surface area (Å²) in [6.45, 7) is 14.0. The van der Waals surface area contributed by atoms with Gasteiger partial charge in [0.1, 0.15) is 5.71 Å². The standard InChI is InChI=1S/C12H15NO2.C3H8.C2H6/c1-4-7-8-9(5-2)11-10(6-3)12(14)15-13-11;1-3-2;1-2/h4,6-8H,5H2,1-3H3;3H2,1-2H3;1-2H3/b7-4-,9-8+,10-6-;;. The zero-order valence-corrected chi connectivity index (χ0v) is 14.0. The number of hydrogen-bond acceptors (Lipinski definition) is 3. The first-order chi connectivity index (χ1) is 9.65. The van der Waals surface area contributed by atoms with E-state index in [4.69, 9.17) is 0 Å². The van der Waals surface area contributed by atoms with Crippen LogP contribution in [0.2, 0.25) is 0 Å². The first-order valence-corrected chi connectivity index (χ1v) is 7.44. The van der Waals surface area contributed by atoms with E-state index in [2.05, 4.69) is 23.8 Å². The predicted molar refractivity (Wildman–Crippen MR) is 87.8 cm³/mol. The first-order valence-electron chi connectivity index (χ1n) is 7.44. The summed E-state index contributed by atoms with van der Waals surface area (Å²) in [7, 11) is 0. The fourth-order valence-corrected chi connectivity index (χ4v) is 1.34.